The first-order valence-electron chi connectivity index (χ1n) is 5.75. The van der Waals surface area contributed by atoms with E-state index < -0.39 is 10.0 Å². The molecule has 0 heterocycles. The van der Waals surface area contributed by atoms with E-state index in [0.29, 0.717) is 0 Å². The van der Waals surface area contributed by atoms with Crippen molar-refractivity contribution in [2.24, 2.45) is 10.3 Å². The van der Waals surface area contributed by atoms with E-state index in [-0.39, 0.29) is 23.8 Å². The van der Waals surface area contributed by atoms with Crippen LogP contribution in [-0.4, -0.2) is 26.3 Å². The molecule has 16 heavy (non-hydrogen) atoms. The fraction of sp³-hybridized carbons (Fsp3) is 1.00. The topological polar surface area (TPSA) is 58.5 Å². The molecule has 0 atom stereocenters. The molecule has 94 valence electrons. The summed E-state index contributed by atoms with van der Waals surface area (Å²) in [5.74, 6) is 0.370. The molecule has 0 spiro atoms. The van der Waals surface area contributed by atoms with Gasteiger partial charge >= 0.3 is 0 Å². The molecule has 1 fully saturated rings. The van der Waals surface area contributed by atoms with Gasteiger partial charge in [0.1, 0.15) is 0 Å². The zero-order chi connectivity index (χ0) is 12.2. The fourth-order valence-electron chi connectivity index (χ4n) is 2.04. The van der Waals surface area contributed by atoms with Crippen LogP contribution in [0.1, 0.15) is 39.5 Å². The number of sulfonamides is 1. The molecule has 0 aromatic rings. The van der Waals surface area contributed by atoms with E-state index in [4.69, 9.17) is 0 Å². The summed E-state index contributed by atoms with van der Waals surface area (Å²) in [6.45, 7) is 3.82. The number of hydrogen-bond donors (Lipinski definition) is 1. The smallest absolute Gasteiger partial charge is 0.212 e. The van der Waals surface area contributed by atoms with Crippen LogP contribution < -0.4 is 4.72 Å². The van der Waals surface area contributed by atoms with E-state index in [0.717, 1.165) is 25.7 Å². The van der Waals surface area contributed by atoms with Gasteiger partial charge in [0.15, 0.2) is 0 Å². The molecule has 0 aromatic carbocycles. The van der Waals surface area contributed by atoms with Crippen molar-refractivity contribution in [2.75, 3.05) is 5.75 Å². The molecule has 0 aliphatic heterocycles. The lowest BCUT2D eigenvalue weighted by Crippen LogP contribution is -2.40. The molecule has 1 saturated carbocycles. The average Bonchev–Trinajstić information content (AvgIpc) is 2.16. The van der Waals surface area contributed by atoms with Crippen LogP contribution in [0.5, 0.6) is 0 Å². The number of rotatable bonds is 5. The van der Waals surface area contributed by atoms with E-state index >= 15 is 0 Å². The predicted molar refractivity (Wildman–Crippen MR) is 67.6 cm³/mol. The summed E-state index contributed by atoms with van der Waals surface area (Å²) in [5, 5.41) is 0. The Bertz CT molecular complexity index is 320. The van der Waals surface area contributed by atoms with E-state index in [2.05, 4.69) is 21.5 Å². The zero-order valence-electron chi connectivity index (χ0n) is 9.85. The molecule has 1 N–H and O–H groups in total. The Morgan fingerprint density at radius 2 is 1.88 bits per heavy atom. The van der Waals surface area contributed by atoms with Crippen molar-refractivity contribution in [2.45, 2.75) is 51.6 Å². The maximum atomic E-state index is 11.7. The number of hydrogen-bond acceptors (Lipinski definition) is 4. The molecule has 0 radical (unpaired) electrons. The first-order valence-corrected chi connectivity index (χ1v) is 7.77. The lowest BCUT2D eigenvalue weighted by Gasteiger charge is -2.26. The Morgan fingerprint density at radius 1 is 1.31 bits per heavy atom. The zero-order valence-corrected chi connectivity index (χ0v) is 11.5. The normalized spacial score (nSPS) is 26.9. The quantitative estimate of drug-likeness (QED) is 0.820. The maximum Gasteiger partial charge on any atom is 0.212 e. The summed E-state index contributed by atoms with van der Waals surface area (Å²) in [4.78, 5) is 0. The van der Waals surface area contributed by atoms with E-state index in [1.165, 1.54) is 0 Å². The third-order valence-corrected chi connectivity index (χ3v) is 4.84. The van der Waals surface area contributed by atoms with Crippen LogP contribution in [0.3, 0.4) is 0 Å². The van der Waals surface area contributed by atoms with Crippen LogP contribution in [0.2, 0.25) is 0 Å². The Kier molecular flexibility index (Phi) is 5.27. The van der Waals surface area contributed by atoms with Crippen LogP contribution in [0.4, 0.5) is 0 Å². The van der Waals surface area contributed by atoms with Gasteiger partial charge in [0.25, 0.3) is 0 Å². The molecule has 0 bridgehead atoms. The molecule has 6 heteroatoms. The molecule has 1 aliphatic rings. The second kappa shape index (κ2) is 6.02. The Balaban J connectivity index is 2.41. The minimum absolute atomic E-state index is 0.0803. The Labute approximate surface area is 103 Å². The molecule has 1 aliphatic carbocycles. The van der Waals surface area contributed by atoms with E-state index in [9.17, 15) is 8.42 Å². The van der Waals surface area contributed by atoms with Crippen molar-refractivity contribution in [3.05, 3.63) is 0 Å². The monoisotopic (exact) mass is 264 g/mol. The summed E-state index contributed by atoms with van der Waals surface area (Å²) >= 11 is 4.66. The van der Waals surface area contributed by atoms with Crippen molar-refractivity contribution >= 4 is 22.4 Å². The van der Waals surface area contributed by atoms with Crippen molar-refractivity contribution < 1.29 is 8.42 Å². The molecular formula is C10H20N2O2S2. The Hall–Kier alpha value is -0.0700. The fourth-order valence-corrected chi connectivity index (χ4v) is 3.97. The highest BCUT2D eigenvalue weighted by Gasteiger charge is 2.24. The van der Waals surface area contributed by atoms with Crippen LogP contribution in [0, 0.1) is 5.92 Å². The highest BCUT2D eigenvalue weighted by Crippen LogP contribution is 2.21. The lowest BCUT2D eigenvalue weighted by atomic mass is 9.93. The largest absolute Gasteiger partial charge is 0.216 e. The minimum Gasteiger partial charge on any atom is -0.216 e. The van der Waals surface area contributed by atoms with Crippen LogP contribution >= 0.6 is 0 Å². The first kappa shape index (κ1) is 14.0. The van der Waals surface area contributed by atoms with Gasteiger partial charge in [0.05, 0.1) is 11.8 Å². The van der Waals surface area contributed by atoms with E-state index in [1.54, 1.807) is 0 Å². The van der Waals surface area contributed by atoms with Gasteiger partial charge in [0, 0.05) is 18.5 Å². The van der Waals surface area contributed by atoms with Gasteiger partial charge in [-0.05, 0) is 31.6 Å². The molecular weight excluding hydrogens is 244 g/mol. The molecule has 4 nitrogen and oxygen atoms in total. The summed E-state index contributed by atoms with van der Waals surface area (Å²) in [5.41, 5.74) is 0. The van der Waals surface area contributed by atoms with Gasteiger partial charge in [-0.3, -0.25) is 0 Å². The number of nitrogens with one attached hydrogen (secondary N) is 1. The molecule has 0 unspecified atom stereocenters. The van der Waals surface area contributed by atoms with Crippen molar-refractivity contribution in [3.63, 3.8) is 0 Å². The van der Waals surface area contributed by atoms with Gasteiger partial charge in [-0.15, -0.1) is 0 Å². The van der Waals surface area contributed by atoms with Gasteiger partial charge in [-0.25, -0.2) is 17.5 Å². The molecule has 0 saturated heterocycles. The lowest BCUT2D eigenvalue weighted by molar-refractivity contribution is 0.376. The first-order chi connectivity index (χ1) is 7.43. The minimum atomic E-state index is -3.11. The second-order valence-corrected chi connectivity index (χ2v) is 6.91. The van der Waals surface area contributed by atoms with Crippen molar-refractivity contribution in [1.82, 2.24) is 4.72 Å². The summed E-state index contributed by atoms with van der Waals surface area (Å²) in [6, 6.07) is 0.331. The Morgan fingerprint density at radius 3 is 2.31 bits per heavy atom. The summed E-state index contributed by atoms with van der Waals surface area (Å²) < 4.78 is 30.0. The van der Waals surface area contributed by atoms with Gasteiger partial charge < -0.3 is 0 Å². The van der Waals surface area contributed by atoms with Crippen molar-refractivity contribution in [1.29, 1.82) is 0 Å². The third-order valence-electron chi connectivity index (χ3n) is 2.74. The number of nitrogens with zero attached hydrogens (tertiary/aromatic N) is 1. The van der Waals surface area contributed by atoms with Gasteiger partial charge in [-0.2, -0.15) is 0 Å². The molecule has 1 rings (SSSR count). The second-order valence-electron chi connectivity index (χ2n) is 4.90. The highest BCUT2D eigenvalue weighted by atomic mass is 32.2. The van der Waals surface area contributed by atoms with E-state index in [1.807, 2.05) is 13.8 Å². The maximum absolute atomic E-state index is 11.7. The predicted octanol–water partition coefficient (Wildman–Crippen LogP) is 1.60. The average molecular weight is 264 g/mol. The summed E-state index contributed by atoms with van der Waals surface area (Å²) in [6.07, 6.45) is 3.50. The summed E-state index contributed by atoms with van der Waals surface area (Å²) in [7, 11) is -3.11. The van der Waals surface area contributed by atoms with Gasteiger partial charge in [-0.1, -0.05) is 13.8 Å². The highest BCUT2D eigenvalue weighted by molar-refractivity contribution is 7.89. The van der Waals surface area contributed by atoms with Crippen LogP contribution in [0.25, 0.3) is 0 Å². The molecule has 0 amide bonds. The standard InChI is InChI=1S/C10H20N2O2S2/c1-8(2)7-16(13,14)12-10-5-3-9(11-15)4-6-10/h8-10,12H,3-7H2,1-2H3/t9-,10-. The van der Waals surface area contributed by atoms with Crippen molar-refractivity contribution in [3.8, 4) is 0 Å². The third kappa shape index (κ3) is 4.84. The van der Waals surface area contributed by atoms with Crippen LogP contribution in [0.15, 0.2) is 4.36 Å². The molecule has 0 aromatic heterocycles. The van der Waals surface area contributed by atoms with Crippen LogP contribution in [-0.2, 0) is 22.4 Å². The van der Waals surface area contributed by atoms with Gasteiger partial charge in [0.2, 0.25) is 10.0 Å². The SMILES string of the molecule is CC(C)CS(=O)(=O)N[C@H]1CC[C@H](N=S)CC1.